The van der Waals surface area contributed by atoms with Gasteiger partial charge in [0.2, 0.25) is 0 Å². The third-order valence-corrected chi connectivity index (χ3v) is 6.52. The zero-order chi connectivity index (χ0) is 24.6. The number of nitrogens with one attached hydrogen (secondary N) is 1. The lowest BCUT2D eigenvalue weighted by molar-refractivity contribution is -0.384. The molecule has 178 valence electrons. The van der Waals surface area contributed by atoms with Crippen LogP contribution in [0, 0.1) is 29.9 Å². The molecular weight excluding hydrogens is 450 g/mol. The van der Waals surface area contributed by atoms with Gasteiger partial charge in [-0.25, -0.2) is 0 Å². The molecule has 8 nitrogen and oxygen atoms in total. The van der Waals surface area contributed by atoms with Crippen molar-refractivity contribution in [2.75, 3.05) is 13.7 Å². The number of nitrogens with zero attached hydrogens (tertiary/aromatic N) is 4. The molecule has 0 amide bonds. The van der Waals surface area contributed by atoms with Crippen molar-refractivity contribution < 1.29 is 9.66 Å². The number of hydrogen-bond donors (Lipinski definition) is 1. The lowest BCUT2D eigenvalue weighted by Gasteiger charge is -2.29. The van der Waals surface area contributed by atoms with Gasteiger partial charge in [-0.15, -0.1) is 0 Å². The summed E-state index contributed by atoms with van der Waals surface area (Å²) in [5.41, 5.74) is 4.83. The van der Waals surface area contributed by atoms with Gasteiger partial charge in [-0.05, 0) is 61.8 Å². The number of benzene rings is 1. The molecule has 3 heterocycles. The Kier molecular flexibility index (Phi) is 6.56. The van der Waals surface area contributed by atoms with Crippen molar-refractivity contribution in [3.8, 4) is 11.4 Å². The average molecular weight is 480 g/mol. The van der Waals surface area contributed by atoms with Gasteiger partial charge in [-0.3, -0.25) is 15.1 Å². The predicted octanol–water partition coefficient (Wildman–Crippen LogP) is 5.03. The summed E-state index contributed by atoms with van der Waals surface area (Å²) in [5.74, 6) is 0.867. The number of aryl methyl sites for hydroxylation is 1. The van der Waals surface area contributed by atoms with E-state index in [2.05, 4.69) is 46.6 Å². The van der Waals surface area contributed by atoms with E-state index in [1.54, 1.807) is 12.3 Å². The number of methoxy groups -OCH3 is 1. The van der Waals surface area contributed by atoms with Crippen molar-refractivity contribution in [1.82, 2.24) is 19.8 Å². The third kappa shape index (κ3) is 4.23. The van der Waals surface area contributed by atoms with E-state index in [4.69, 9.17) is 17.0 Å². The highest BCUT2D eigenvalue weighted by molar-refractivity contribution is 7.80. The fourth-order valence-electron chi connectivity index (χ4n) is 4.76. The van der Waals surface area contributed by atoms with E-state index in [-0.39, 0.29) is 17.8 Å². The minimum Gasteiger partial charge on any atom is -0.494 e. The van der Waals surface area contributed by atoms with Gasteiger partial charge in [0.25, 0.3) is 5.69 Å². The highest BCUT2D eigenvalue weighted by atomic mass is 32.1. The first-order valence-corrected chi connectivity index (χ1v) is 11.6. The second-order valence-electron chi connectivity index (χ2n) is 8.95. The summed E-state index contributed by atoms with van der Waals surface area (Å²) in [7, 11) is 1.53. The van der Waals surface area contributed by atoms with Crippen molar-refractivity contribution in [2.45, 2.75) is 39.8 Å². The van der Waals surface area contributed by atoms with E-state index >= 15 is 0 Å². The van der Waals surface area contributed by atoms with Gasteiger partial charge in [-0.2, -0.15) is 0 Å². The summed E-state index contributed by atoms with van der Waals surface area (Å²) in [4.78, 5) is 17.7. The summed E-state index contributed by atoms with van der Waals surface area (Å²) in [6, 6.07) is 12.6. The molecule has 34 heavy (non-hydrogen) atoms. The molecule has 1 aliphatic rings. The predicted molar refractivity (Wildman–Crippen MR) is 135 cm³/mol. The Labute approximate surface area is 204 Å². The lowest BCUT2D eigenvalue weighted by Crippen LogP contribution is -2.33. The number of ether oxygens (including phenoxy) is 1. The maximum absolute atomic E-state index is 11.3. The van der Waals surface area contributed by atoms with Crippen molar-refractivity contribution in [2.24, 2.45) is 5.92 Å². The molecule has 1 aliphatic heterocycles. The van der Waals surface area contributed by atoms with Crippen LogP contribution >= 0.6 is 12.2 Å². The van der Waals surface area contributed by atoms with Crippen molar-refractivity contribution in [3.63, 3.8) is 0 Å². The van der Waals surface area contributed by atoms with Crippen molar-refractivity contribution in [3.05, 3.63) is 81.4 Å². The average Bonchev–Trinajstić information content (AvgIpc) is 3.28. The Morgan fingerprint density at radius 3 is 2.62 bits per heavy atom. The summed E-state index contributed by atoms with van der Waals surface area (Å²) < 4.78 is 7.62. The lowest BCUT2D eigenvalue weighted by atomic mass is 9.96. The Balaban J connectivity index is 1.85. The minimum atomic E-state index is -0.417. The number of nitro groups is 1. The van der Waals surface area contributed by atoms with Gasteiger partial charge < -0.3 is 19.5 Å². The molecule has 1 aromatic carbocycles. The van der Waals surface area contributed by atoms with E-state index in [0.717, 1.165) is 34.9 Å². The second kappa shape index (κ2) is 9.42. The summed E-state index contributed by atoms with van der Waals surface area (Å²) in [6.45, 7) is 9.26. The van der Waals surface area contributed by atoms with Crippen LogP contribution in [0.25, 0.3) is 5.69 Å². The van der Waals surface area contributed by atoms with Crippen LogP contribution in [0.5, 0.6) is 5.75 Å². The Hall–Kier alpha value is -3.46. The van der Waals surface area contributed by atoms with Gasteiger partial charge >= 0.3 is 0 Å². The van der Waals surface area contributed by atoms with Gasteiger partial charge in [0.1, 0.15) is 5.75 Å². The molecule has 0 saturated carbocycles. The summed E-state index contributed by atoms with van der Waals surface area (Å²) in [5, 5.41) is 15.5. The molecule has 9 heteroatoms. The topological polar surface area (TPSA) is 85.5 Å². The van der Waals surface area contributed by atoms with Crippen LogP contribution in [0.4, 0.5) is 5.69 Å². The molecule has 1 N–H and O–H groups in total. The van der Waals surface area contributed by atoms with E-state index < -0.39 is 4.92 Å². The fraction of sp³-hybridized carbons (Fsp3) is 0.360. The maximum Gasteiger partial charge on any atom is 0.273 e. The Morgan fingerprint density at radius 1 is 1.24 bits per heavy atom. The minimum absolute atomic E-state index is 0.00745. The third-order valence-electron chi connectivity index (χ3n) is 6.16. The van der Waals surface area contributed by atoms with Crippen LogP contribution in [-0.4, -0.2) is 38.1 Å². The SMILES string of the molecule is COc1cc([N+](=O)[O-])ccc1-n1c(C)cc([C@@H]2[C@@H](c3ccccn3)NC(=S)N2CC(C)C)c1C. The largest absolute Gasteiger partial charge is 0.494 e. The fourth-order valence-corrected chi connectivity index (χ4v) is 5.07. The van der Waals surface area contributed by atoms with Crippen molar-refractivity contribution >= 4 is 23.0 Å². The van der Waals surface area contributed by atoms with Gasteiger partial charge in [0.15, 0.2) is 5.11 Å². The number of hydrogen-bond acceptors (Lipinski definition) is 5. The van der Waals surface area contributed by atoms with Gasteiger partial charge in [0.05, 0.1) is 41.6 Å². The van der Waals surface area contributed by atoms with Crippen LogP contribution in [0.1, 0.15) is 48.6 Å². The first-order chi connectivity index (χ1) is 16.2. The zero-order valence-electron chi connectivity index (χ0n) is 20.0. The van der Waals surface area contributed by atoms with E-state index in [1.807, 2.05) is 25.1 Å². The highest BCUT2D eigenvalue weighted by Crippen LogP contribution is 2.42. The van der Waals surface area contributed by atoms with Crippen LogP contribution in [-0.2, 0) is 0 Å². The number of aromatic nitrogens is 2. The first-order valence-electron chi connectivity index (χ1n) is 11.2. The second-order valence-corrected chi connectivity index (χ2v) is 9.33. The van der Waals surface area contributed by atoms with Crippen LogP contribution in [0.15, 0.2) is 48.7 Å². The number of thiocarbonyl (C=S) groups is 1. The first kappa shape index (κ1) is 23.7. The quantitative estimate of drug-likeness (QED) is 0.289. The Morgan fingerprint density at radius 2 is 2.00 bits per heavy atom. The molecule has 2 atom stereocenters. The highest BCUT2D eigenvalue weighted by Gasteiger charge is 2.41. The number of rotatable bonds is 7. The molecule has 2 aromatic heterocycles. The van der Waals surface area contributed by atoms with Gasteiger partial charge in [0, 0.05) is 30.2 Å². The standard InChI is InChI=1S/C25H29N5O3S/c1-15(2)14-28-24(23(27-25(28)34)20-8-6-7-11-26-20)19-12-16(3)29(17(19)4)21-10-9-18(30(31)32)13-22(21)33-5/h6-13,15,23-24H,14H2,1-5H3,(H,27,34)/t23-,24-/m1/s1. The van der Waals surface area contributed by atoms with E-state index in [9.17, 15) is 10.1 Å². The number of non-ortho nitro benzene ring substituents is 1. The van der Waals surface area contributed by atoms with Crippen LogP contribution < -0.4 is 10.1 Å². The number of pyridine rings is 1. The molecule has 0 spiro atoms. The Bertz CT molecular complexity index is 1220. The smallest absolute Gasteiger partial charge is 0.273 e. The molecule has 0 aliphatic carbocycles. The molecular formula is C25H29N5O3S. The zero-order valence-corrected chi connectivity index (χ0v) is 20.8. The molecule has 3 aromatic rings. The van der Waals surface area contributed by atoms with Crippen LogP contribution in [0.2, 0.25) is 0 Å². The molecule has 0 bridgehead atoms. The molecule has 0 unspecified atom stereocenters. The normalized spacial score (nSPS) is 17.8. The molecule has 1 fully saturated rings. The molecule has 4 rings (SSSR count). The molecule has 1 saturated heterocycles. The van der Waals surface area contributed by atoms with Gasteiger partial charge in [-0.1, -0.05) is 19.9 Å². The van der Waals surface area contributed by atoms with Crippen LogP contribution in [0.3, 0.4) is 0 Å². The maximum atomic E-state index is 11.3. The summed E-state index contributed by atoms with van der Waals surface area (Å²) in [6.07, 6.45) is 1.80. The van der Waals surface area contributed by atoms with Crippen molar-refractivity contribution in [1.29, 1.82) is 0 Å². The van der Waals surface area contributed by atoms with E-state index in [0.29, 0.717) is 16.8 Å². The summed E-state index contributed by atoms with van der Waals surface area (Å²) >= 11 is 5.76. The van der Waals surface area contributed by atoms with E-state index in [1.165, 1.54) is 19.2 Å². The number of nitro benzene ring substituents is 1. The monoisotopic (exact) mass is 479 g/mol. The molecule has 0 radical (unpaired) electrons.